The van der Waals surface area contributed by atoms with Crippen LogP contribution in [0.25, 0.3) is 0 Å². The molecular weight excluding hydrogens is 266 g/mol. The third kappa shape index (κ3) is 3.44. The number of rotatable bonds is 5. The van der Waals surface area contributed by atoms with Gasteiger partial charge in [-0.25, -0.2) is 4.98 Å². The standard InChI is InChI=1S/C16H19N3S/c1-4-15-10-18-16(20-15)12(3)19-11(2)14-7-5-13(9-17)6-8-14/h5-8,10-12,19H,4H2,1-3H3. The van der Waals surface area contributed by atoms with Crippen LogP contribution in [-0.4, -0.2) is 4.98 Å². The number of thiazole rings is 1. The molecular formula is C16H19N3S. The molecule has 2 aromatic rings. The van der Waals surface area contributed by atoms with Gasteiger partial charge in [-0.2, -0.15) is 5.26 Å². The second-order valence-electron chi connectivity index (χ2n) is 4.86. The molecule has 0 radical (unpaired) electrons. The van der Waals surface area contributed by atoms with E-state index in [0.717, 1.165) is 11.4 Å². The predicted molar refractivity (Wildman–Crippen MR) is 82.6 cm³/mol. The summed E-state index contributed by atoms with van der Waals surface area (Å²) in [4.78, 5) is 5.79. The van der Waals surface area contributed by atoms with Gasteiger partial charge in [0.1, 0.15) is 5.01 Å². The lowest BCUT2D eigenvalue weighted by atomic mass is 10.1. The maximum Gasteiger partial charge on any atom is 0.109 e. The summed E-state index contributed by atoms with van der Waals surface area (Å²) in [6, 6.07) is 10.3. The molecule has 2 rings (SSSR count). The Balaban J connectivity index is 2.02. The van der Waals surface area contributed by atoms with E-state index in [1.807, 2.05) is 30.5 Å². The van der Waals surface area contributed by atoms with E-state index in [1.54, 1.807) is 11.3 Å². The van der Waals surface area contributed by atoms with E-state index >= 15 is 0 Å². The molecule has 2 atom stereocenters. The van der Waals surface area contributed by atoms with Gasteiger partial charge in [0.2, 0.25) is 0 Å². The van der Waals surface area contributed by atoms with Gasteiger partial charge in [-0.3, -0.25) is 0 Å². The van der Waals surface area contributed by atoms with Crippen LogP contribution in [0.3, 0.4) is 0 Å². The molecule has 3 nitrogen and oxygen atoms in total. The monoisotopic (exact) mass is 285 g/mol. The second kappa shape index (κ2) is 6.65. The molecule has 0 saturated carbocycles. The van der Waals surface area contributed by atoms with E-state index < -0.39 is 0 Å². The molecule has 2 unspecified atom stereocenters. The van der Waals surface area contributed by atoms with Gasteiger partial charge in [0.25, 0.3) is 0 Å². The van der Waals surface area contributed by atoms with Crippen molar-refractivity contribution in [2.24, 2.45) is 0 Å². The summed E-state index contributed by atoms with van der Waals surface area (Å²) in [6.07, 6.45) is 3.00. The minimum absolute atomic E-state index is 0.228. The molecule has 1 aromatic carbocycles. The maximum atomic E-state index is 8.81. The Kier molecular flexibility index (Phi) is 4.89. The number of aromatic nitrogens is 1. The van der Waals surface area contributed by atoms with E-state index in [9.17, 15) is 0 Å². The molecule has 1 heterocycles. The van der Waals surface area contributed by atoms with Crippen molar-refractivity contribution in [2.45, 2.75) is 39.3 Å². The van der Waals surface area contributed by atoms with Crippen LogP contribution in [0.2, 0.25) is 0 Å². The van der Waals surface area contributed by atoms with Crippen molar-refractivity contribution in [3.05, 3.63) is 51.5 Å². The summed E-state index contributed by atoms with van der Waals surface area (Å²) in [5.74, 6) is 0. The lowest BCUT2D eigenvalue weighted by Crippen LogP contribution is -2.22. The number of hydrogen-bond acceptors (Lipinski definition) is 4. The van der Waals surface area contributed by atoms with Crippen molar-refractivity contribution in [3.8, 4) is 6.07 Å². The first-order valence-corrected chi connectivity index (χ1v) is 7.66. The molecule has 1 N–H and O–H groups in total. The van der Waals surface area contributed by atoms with Crippen LogP contribution in [0.4, 0.5) is 0 Å². The fraction of sp³-hybridized carbons (Fsp3) is 0.375. The minimum atomic E-state index is 0.228. The van der Waals surface area contributed by atoms with Gasteiger partial charge in [0, 0.05) is 17.1 Å². The van der Waals surface area contributed by atoms with E-state index in [2.05, 4.69) is 37.1 Å². The van der Waals surface area contributed by atoms with Gasteiger partial charge >= 0.3 is 0 Å². The van der Waals surface area contributed by atoms with E-state index in [1.165, 1.54) is 10.4 Å². The van der Waals surface area contributed by atoms with Crippen LogP contribution < -0.4 is 5.32 Å². The zero-order valence-electron chi connectivity index (χ0n) is 12.1. The average Bonchev–Trinajstić information content (AvgIpc) is 2.96. The van der Waals surface area contributed by atoms with Gasteiger partial charge in [-0.1, -0.05) is 19.1 Å². The third-order valence-corrected chi connectivity index (χ3v) is 4.65. The van der Waals surface area contributed by atoms with Gasteiger partial charge < -0.3 is 5.32 Å². The zero-order chi connectivity index (χ0) is 14.5. The maximum absolute atomic E-state index is 8.81. The molecule has 104 valence electrons. The lowest BCUT2D eigenvalue weighted by molar-refractivity contribution is 0.493. The molecule has 0 amide bonds. The normalized spacial score (nSPS) is 13.7. The average molecular weight is 285 g/mol. The van der Waals surface area contributed by atoms with E-state index in [-0.39, 0.29) is 12.1 Å². The summed E-state index contributed by atoms with van der Waals surface area (Å²) in [5.41, 5.74) is 1.88. The summed E-state index contributed by atoms with van der Waals surface area (Å²) >= 11 is 1.77. The first kappa shape index (κ1) is 14.7. The predicted octanol–water partition coefficient (Wildman–Crippen LogP) is 3.99. The number of nitriles is 1. The number of benzene rings is 1. The van der Waals surface area contributed by atoms with Crippen LogP contribution in [0.5, 0.6) is 0 Å². The largest absolute Gasteiger partial charge is 0.302 e. The van der Waals surface area contributed by atoms with Crippen LogP contribution in [0.15, 0.2) is 30.5 Å². The number of nitrogens with one attached hydrogen (secondary N) is 1. The Morgan fingerprint density at radius 2 is 1.95 bits per heavy atom. The van der Waals surface area contributed by atoms with Gasteiger partial charge in [-0.15, -0.1) is 11.3 Å². The summed E-state index contributed by atoms with van der Waals surface area (Å²) in [5, 5.41) is 13.5. The molecule has 0 aliphatic carbocycles. The molecule has 0 saturated heterocycles. The van der Waals surface area contributed by atoms with Crippen LogP contribution in [-0.2, 0) is 6.42 Å². The van der Waals surface area contributed by atoms with Crippen molar-refractivity contribution in [2.75, 3.05) is 0 Å². The first-order valence-electron chi connectivity index (χ1n) is 6.84. The van der Waals surface area contributed by atoms with Gasteiger partial charge in [0.05, 0.1) is 17.7 Å². The summed E-state index contributed by atoms with van der Waals surface area (Å²) in [7, 11) is 0. The van der Waals surface area contributed by atoms with Crippen LogP contribution in [0, 0.1) is 11.3 Å². The molecule has 20 heavy (non-hydrogen) atoms. The third-order valence-electron chi connectivity index (χ3n) is 3.33. The van der Waals surface area contributed by atoms with Gasteiger partial charge in [0.15, 0.2) is 0 Å². The summed E-state index contributed by atoms with van der Waals surface area (Å²) in [6.45, 7) is 6.42. The molecule has 4 heteroatoms. The minimum Gasteiger partial charge on any atom is -0.302 e. The molecule has 0 bridgehead atoms. The lowest BCUT2D eigenvalue weighted by Gasteiger charge is -2.18. The highest BCUT2D eigenvalue weighted by atomic mass is 32.1. The first-order chi connectivity index (χ1) is 9.63. The van der Waals surface area contributed by atoms with Gasteiger partial charge in [-0.05, 0) is 38.0 Å². The van der Waals surface area contributed by atoms with Crippen molar-refractivity contribution < 1.29 is 0 Å². The van der Waals surface area contributed by atoms with Crippen molar-refractivity contribution >= 4 is 11.3 Å². The quantitative estimate of drug-likeness (QED) is 0.903. The Morgan fingerprint density at radius 1 is 1.25 bits per heavy atom. The van der Waals surface area contributed by atoms with E-state index in [0.29, 0.717) is 5.56 Å². The molecule has 0 aliphatic rings. The number of hydrogen-bond donors (Lipinski definition) is 1. The smallest absolute Gasteiger partial charge is 0.109 e. The highest BCUT2D eigenvalue weighted by Gasteiger charge is 2.14. The Morgan fingerprint density at radius 3 is 2.50 bits per heavy atom. The highest BCUT2D eigenvalue weighted by molar-refractivity contribution is 7.11. The molecule has 0 spiro atoms. The van der Waals surface area contributed by atoms with E-state index in [4.69, 9.17) is 5.26 Å². The number of aryl methyl sites for hydroxylation is 1. The Labute approximate surface area is 124 Å². The highest BCUT2D eigenvalue weighted by Crippen LogP contribution is 2.23. The summed E-state index contributed by atoms with van der Waals surface area (Å²) < 4.78 is 0. The van der Waals surface area contributed by atoms with Crippen LogP contribution >= 0.6 is 11.3 Å². The fourth-order valence-electron chi connectivity index (χ4n) is 2.08. The molecule has 1 aromatic heterocycles. The SMILES string of the molecule is CCc1cnc(C(C)NC(C)c2ccc(C#N)cc2)s1. The topological polar surface area (TPSA) is 48.7 Å². The van der Waals surface area contributed by atoms with Crippen LogP contribution in [0.1, 0.15) is 53.9 Å². The second-order valence-corrected chi connectivity index (χ2v) is 6.01. The Bertz CT molecular complexity index is 595. The Hall–Kier alpha value is -1.70. The van der Waals surface area contributed by atoms with Crippen molar-refractivity contribution in [3.63, 3.8) is 0 Å². The number of nitrogens with zero attached hydrogens (tertiary/aromatic N) is 2. The molecule has 0 fully saturated rings. The van der Waals surface area contributed by atoms with Crippen molar-refractivity contribution in [1.82, 2.24) is 10.3 Å². The fourth-order valence-corrected chi connectivity index (χ4v) is 2.94. The van der Waals surface area contributed by atoms with Crippen molar-refractivity contribution in [1.29, 1.82) is 5.26 Å². The zero-order valence-corrected chi connectivity index (χ0v) is 12.9. The molecule has 0 aliphatic heterocycles.